The first-order valence-electron chi connectivity index (χ1n) is 10.5. The number of urea groups is 1. The summed E-state index contributed by atoms with van der Waals surface area (Å²) in [4.78, 5) is 24.2. The van der Waals surface area contributed by atoms with Crippen molar-refractivity contribution in [3.63, 3.8) is 0 Å². The third kappa shape index (κ3) is 4.96. The van der Waals surface area contributed by atoms with Crippen molar-refractivity contribution in [2.75, 3.05) is 7.05 Å². The predicted octanol–water partition coefficient (Wildman–Crippen LogP) is 5.33. The van der Waals surface area contributed by atoms with Gasteiger partial charge in [-0.1, -0.05) is 43.0 Å². The Labute approximate surface area is 195 Å². The van der Waals surface area contributed by atoms with E-state index in [-0.39, 0.29) is 29.7 Å². The summed E-state index contributed by atoms with van der Waals surface area (Å²) in [5, 5.41) is 5.35. The van der Waals surface area contributed by atoms with E-state index in [0.29, 0.717) is 17.8 Å². The fourth-order valence-electron chi connectivity index (χ4n) is 3.94. The molecule has 2 atom stereocenters. The number of rotatable bonds is 2. The van der Waals surface area contributed by atoms with Gasteiger partial charge in [0.2, 0.25) is 0 Å². The van der Waals surface area contributed by atoms with Gasteiger partial charge in [0.1, 0.15) is 17.5 Å². The molecule has 2 N–H and O–H groups in total. The second-order valence-corrected chi connectivity index (χ2v) is 8.15. The first kappa shape index (κ1) is 23.1. The van der Waals surface area contributed by atoms with E-state index in [1.54, 1.807) is 24.1 Å². The molecule has 34 heavy (non-hydrogen) atoms. The molecule has 3 amide bonds. The summed E-state index contributed by atoms with van der Waals surface area (Å²) in [7, 11) is 1.71. The van der Waals surface area contributed by atoms with Crippen molar-refractivity contribution >= 4 is 11.9 Å². The lowest BCUT2D eigenvalue weighted by molar-refractivity contribution is 0.0816. The molecule has 0 saturated carbocycles. The first-order chi connectivity index (χ1) is 16.2. The molecular formula is C26H22F3N3O2. The Morgan fingerprint density at radius 3 is 2.38 bits per heavy atom. The summed E-state index contributed by atoms with van der Waals surface area (Å²) in [6, 6.07) is 11.1. The summed E-state index contributed by atoms with van der Waals surface area (Å²) in [6.45, 7) is 4.38. The van der Waals surface area contributed by atoms with Gasteiger partial charge in [-0.15, -0.1) is 0 Å². The second-order valence-electron chi connectivity index (χ2n) is 8.15. The van der Waals surface area contributed by atoms with E-state index in [1.165, 1.54) is 24.3 Å². The predicted molar refractivity (Wildman–Crippen MR) is 122 cm³/mol. The van der Waals surface area contributed by atoms with Gasteiger partial charge in [0.05, 0.1) is 6.04 Å². The van der Waals surface area contributed by atoms with Crippen LogP contribution in [0.5, 0.6) is 0 Å². The van der Waals surface area contributed by atoms with Gasteiger partial charge >= 0.3 is 6.03 Å². The van der Waals surface area contributed by atoms with Crippen molar-refractivity contribution < 1.29 is 22.8 Å². The number of carbonyl (C=O) groups is 2. The molecule has 174 valence electrons. The number of halogens is 3. The van der Waals surface area contributed by atoms with Crippen LogP contribution in [0, 0.1) is 5.82 Å². The Kier molecular flexibility index (Phi) is 6.40. The SMILES string of the molecule is C=C1NC(=O)NC1c1ccc(C2C=CC(F)=CC(F)=C2)cc1.CN1Cc2ccc(F)cc2C1=O. The average molecular weight is 465 g/mol. The highest BCUT2D eigenvalue weighted by Crippen LogP contribution is 2.29. The normalized spacial score (nSPS) is 21.1. The number of hydrogen-bond donors (Lipinski definition) is 2. The van der Waals surface area contributed by atoms with Gasteiger partial charge in [0.15, 0.2) is 0 Å². The molecule has 2 aliphatic heterocycles. The van der Waals surface area contributed by atoms with E-state index in [2.05, 4.69) is 17.2 Å². The second kappa shape index (κ2) is 9.43. The van der Waals surface area contributed by atoms with Crippen molar-refractivity contribution in [3.05, 3.63) is 119 Å². The maximum atomic E-state index is 13.5. The molecule has 2 aromatic carbocycles. The lowest BCUT2D eigenvalue weighted by Crippen LogP contribution is -2.21. The van der Waals surface area contributed by atoms with Crippen LogP contribution >= 0.6 is 0 Å². The van der Waals surface area contributed by atoms with Crippen molar-refractivity contribution in [1.29, 1.82) is 0 Å². The van der Waals surface area contributed by atoms with Gasteiger partial charge in [-0.2, -0.15) is 0 Å². The van der Waals surface area contributed by atoms with Crippen LogP contribution in [-0.2, 0) is 6.54 Å². The smallest absolute Gasteiger partial charge is 0.319 e. The zero-order valence-electron chi connectivity index (χ0n) is 18.3. The molecule has 2 aromatic rings. The van der Waals surface area contributed by atoms with E-state index in [1.807, 2.05) is 24.3 Å². The molecule has 0 aromatic heterocycles. The maximum Gasteiger partial charge on any atom is 0.319 e. The lowest BCUT2D eigenvalue weighted by Gasteiger charge is -2.13. The van der Waals surface area contributed by atoms with Crippen molar-refractivity contribution in [2.45, 2.75) is 18.5 Å². The van der Waals surface area contributed by atoms with Gasteiger partial charge in [-0.05, 0) is 41.0 Å². The van der Waals surface area contributed by atoms with Crippen LogP contribution in [0.3, 0.4) is 0 Å². The quantitative estimate of drug-likeness (QED) is 0.630. The Balaban J connectivity index is 0.000000192. The van der Waals surface area contributed by atoms with Gasteiger partial charge in [0, 0.05) is 36.8 Å². The number of nitrogens with zero attached hydrogens (tertiary/aromatic N) is 1. The minimum Gasteiger partial charge on any atom is -0.337 e. The summed E-state index contributed by atoms with van der Waals surface area (Å²) in [5.74, 6) is -1.99. The monoisotopic (exact) mass is 465 g/mol. The highest BCUT2D eigenvalue weighted by atomic mass is 19.1. The molecular weight excluding hydrogens is 443 g/mol. The molecule has 8 heteroatoms. The summed E-state index contributed by atoms with van der Waals surface area (Å²) in [6.07, 6.45) is 5.07. The molecule has 5 rings (SSSR count). The Morgan fingerprint density at radius 2 is 1.71 bits per heavy atom. The van der Waals surface area contributed by atoms with Gasteiger partial charge in [-0.3, -0.25) is 4.79 Å². The summed E-state index contributed by atoms with van der Waals surface area (Å²) >= 11 is 0. The molecule has 0 bridgehead atoms. The molecule has 3 aliphatic rings. The summed E-state index contributed by atoms with van der Waals surface area (Å²) < 4.78 is 39.3. The number of allylic oxidation sites excluding steroid dienone is 6. The zero-order chi connectivity index (χ0) is 24.4. The molecule has 5 nitrogen and oxygen atoms in total. The Morgan fingerprint density at radius 1 is 1.00 bits per heavy atom. The molecule has 1 saturated heterocycles. The van der Waals surface area contributed by atoms with Gasteiger partial charge < -0.3 is 15.5 Å². The summed E-state index contributed by atoms with van der Waals surface area (Å²) in [5.41, 5.74) is 3.70. The van der Waals surface area contributed by atoms with E-state index < -0.39 is 11.7 Å². The van der Waals surface area contributed by atoms with Crippen molar-refractivity contribution in [2.24, 2.45) is 0 Å². The minimum atomic E-state index is -0.607. The van der Waals surface area contributed by atoms with E-state index >= 15 is 0 Å². The number of benzene rings is 2. The Hall–Kier alpha value is -4.07. The van der Waals surface area contributed by atoms with E-state index in [4.69, 9.17) is 0 Å². The van der Waals surface area contributed by atoms with Gasteiger partial charge in [-0.25, -0.2) is 18.0 Å². The molecule has 0 radical (unpaired) electrons. The molecule has 0 spiro atoms. The molecule has 1 aliphatic carbocycles. The van der Waals surface area contributed by atoms with Crippen LogP contribution in [0.2, 0.25) is 0 Å². The topological polar surface area (TPSA) is 61.4 Å². The van der Waals surface area contributed by atoms with E-state index in [9.17, 15) is 22.8 Å². The van der Waals surface area contributed by atoms with Crippen LogP contribution in [0.25, 0.3) is 0 Å². The van der Waals surface area contributed by atoms with Crippen LogP contribution in [0.4, 0.5) is 18.0 Å². The van der Waals surface area contributed by atoms with Crippen LogP contribution in [-0.4, -0.2) is 23.9 Å². The minimum absolute atomic E-state index is 0.0931. The van der Waals surface area contributed by atoms with Crippen LogP contribution in [0.1, 0.15) is 39.0 Å². The van der Waals surface area contributed by atoms with Crippen LogP contribution in [0.15, 0.2) is 90.7 Å². The third-order valence-electron chi connectivity index (χ3n) is 5.69. The fourth-order valence-corrected chi connectivity index (χ4v) is 3.94. The highest BCUT2D eigenvalue weighted by molar-refractivity contribution is 5.98. The fraction of sp³-hybridized carbons (Fsp3) is 0.154. The standard InChI is InChI=1S/C17H14F2N2O.C9H8FNO/c1-10-16(21-17(22)20-10)12-4-2-11(3-5-12)13-6-7-14(18)9-15(19)8-13;1-11-5-6-2-3-7(10)4-8(6)9(11)12/h2-9,13,16H,1H2,(H2,20,21,22);2-4H,5H2,1H3. The molecule has 1 fully saturated rings. The molecule has 2 heterocycles. The molecule has 2 unspecified atom stereocenters. The van der Waals surface area contributed by atoms with Crippen molar-refractivity contribution in [1.82, 2.24) is 15.5 Å². The zero-order valence-corrected chi connectivity index (χ0v) is 18.3. The number of nitrogens with one attached hydrogen (secondary N) is 2. The van der Waals surface area contributed by atoms with E-state index in [0.717, 1.165) is 22.8 Å². The third-order valence-corrected chi connectivity index (χ3v) is 5.69. The highest BCUT2D eigenvalue weighted by Gasteiger charge is 2.26. The number of amides is 3. The largest absolute Gasteiger partial charge is 0.337 e. The van der Waals surface area contributed by atoms with Crippen LogP contribution < -0.4 is 10.6 Å². The van der Waals surface area contributed by atoms with Crippen molar-refractivity contribution in [3.8, 4) is 0 Å². The van der Waals surface area contributed by atoms with Gasteiger partial charge in [0.25, 0.3) is 5.91 Å². The first-order valence-corrected chi connectivity index (χ1v) is 10.5. The number of carbonyl (C=O) groups excluding carboxylic acids is 2. The number of hydrogen-bond acceptors (Lipinski definition) is 2. The maximum absolute atomic E-state index is 13.5. The lowest BCUT2D eigenvalue weighted by atomic mass is 9.95. The average Bonchev–Trinajstić information content (AvgIpc) is 3.21. The Bertz CT molecular complexity index is 1250. The number of fused-ring (bicyclic) bond motifs is 1.